The fourth-order valence-corrected chi connectivity index (χ4v) is 5.95. The first-order valence-corrected chi connectivity index (χ1v) is 15.0. The number of nitro groups is 1. The Bertz CT molecular complexity index is 1060. The molecule has 2 aliphatic heterocycles. The number of carbonyl (C=O) groups is 2. The lowest BCUT2D eigenvalue weighted by Gasteiger charge is -2.42. The molecule has 0 aromatic carbocycles. The second-order valence-electron chi connectivity index (χ2n) is 12.5. The van der Waals surface area contributed by atoms with E-state index in [2.05, 4.69) is 15.2 Å². The third-order valence-corrected chi connectivity index (χ3v) is 8.16. The zero-order chi connectivity index (χ0) is 29.6. The first-order chi connectivity index (χ1) is 19.5. The lowest BCUT2D eigenvalue weighted by atomic mass is 9.84. The van der Waals surface area contributed by atoms with Gasteiger partial charge in [0.2, 0.25) is 11.8 Å². The number of amides is 2. The maximum Gasteiger partial charge on any atom is 0.410 e. The van der Waals surface area contributed by atoms with Gasteiger partial charge in [-0.25, -0.2) is 9.78 Å². The van der Waals surface area contributed by atoms with E-state index in [-0.39, 0.29) is 35.7 Å². The molecule has 4 rings (SSSR count). The summed E-state index contributed by atoms with van der Waals surface area (Å²) < 4.78 is 11.3. The molecule has 3 fully saturated rings. The topological polar surface area (TPSA) is 130 Å². The number of aromatic nitrogens is 1. The summed E-state index contributed by atoms with van der Waals surface area (Å²) >= 11 is 0. The first kappa shape index (κ1) is 30.8. The van der Waals surface area contributed by atoms with Crippen molar-refractivity contribution in [3.8, 4) is 5.88 Å². The SMILES string of the molecule is CC1CN(C(=O)OC(C)(C)C)CCN1C(=O)[C@H]1CC[C@@H](Nc2cc(OCCN3CCCCC3)ncc2[N+](=O)[O-])CC1. The van der Waals surface area contributed by atoms with E-state index in [4.69, 9.17) is 9.47 Å². The molecule has 41 heavy (non-hydrogen) atoms. The molecule has 1 unspecified atom stereocenters. The van der Waals surface area contributed by atoms with Gasteiger partial charge < -0.3 is 24.6 Å². The highest BCUT2D eigenvalue weighted by Crippen LogP contribution is 2.33. The molecule has 1 saturated carbocycles. The molecule has 12 nitrogen and oxygen atoms in total. The normalized spacial score (nSPS) is 24.0. The Morgan fingerprint density at radius 1 is 1.10 bits per heavy atom. The van der Waals surface area contributed by atoms with Crippen molar-refractivity contribution in [2.24, 2.45) is 5.92 Å². The fourth-order valence-electron chi connectivity index (χ4n) is 5.95. The number of pyridine rings is 1. The van der Waals surface area contributed by atoms with Gasteiger partial charge in [0, 0.05) is 50.2 Å². The van der Waals surface area contributed by atoms with Crippen molar-refractivity contribution >= 4 is 23.4 Å². The van der Waals surface area contributed by atoms with Gasteiger partial charge in [0.05, 0.1) is 4.92 Å². The van der Waals surface area contributed by atoms with Gasteiger partial charge in [-0.05, 0) is 79.3 Å². The molecule has 228 valence electrons. The van der Waals surface area contributed by atoms with Crippen molar-refractivity contribution in [3.05, 3.63) is 22.4 Å². The quantitative estimate of drug-likeness (QED) is 0.357. The fraction of sp³-hybridized carbons (Fsp3) is 0.759. The minimum Gasteiger partial charge on any atom is -0.476 e. The summed E-state index contributed by atoms with van der Waals surface area (Å²) in [6.07, 6.45) is 7.47. The van der Waals surface area contributed by atoms with E-state index >= 15 is 0 Å². The second kappa shape index (κ2) is 13.7. The Morgan fingerprint density at radius 2 is 1.80 bits per heavy atom. The maximum atomic E-state index is 13.4. The van der Waals surface area contributed by atoms with Crippen molar-refractivity contribution in [3.63, 3.8) is 0 Å². The molecule has 3 aliphatic rings. The van der Waals surface area contributed by atoms with Crippen LogP contribution >= 0.6 is 0 Å². The molecule has 0 spiro atoms. The summed E-state index contributed by atoms with van der Waals surface area (Å²) in [5, 5.41) is 15.0. The number of piperazine rings is 1. The van der Waals surface area contributed by atoms with Crippen LogP contribution in [0.25, 0.3) is 0 Å². The molecule has 0 bridgehead atoms. The molecule has 1 aromatic heterocycles. The van der Waals surface area contributed by atoms with Crippen LogP contribution in [0.15, 0.2) is 12.3 Å². The highest BCUT2D eigenvalue weighted by molar-refractivity contribution is 5.80. The standard InChI is InChI=1S/C29H46N6O6/c1-21-20-33(28(37)41-29(2,3)4)14-15-34(21)27(36)22-8-10-23(11-9-22)31-24-18-26(30-19-25(24)35(38)39)40-17-16-32-12-6-5-7-13-32/h18-19,21-23H,5-17,20H2,1-4H3,(H,30,31)/t21?,22-,23+. The monoisotopic (exact) mass is 574 g/mol. The Morgan fingerprint density at radius 3 is 2.44 bits per heavy atom. The predicted octanol–water partition coefficient (Wildman–Crippen LogP) is 4.29. The third kappa shape index (κ3) is 8.67. The second-order valence-corrected chi connectivity index (χ2v) is 12.5. The predicted molar refractivity (Wildman–Crippen MR) is 155 cm³/mol. The average molecular weight is 575 g/mol. The van der Waals surface area contributed by atoms with Crippen LogP contribution in [0.4, 0.5) is 16.2 Å². The molecule has 2 amide bonds. The van der Waals surface area contributed by atoms with Crippen molar-refractivity contribution in [1.82, 2.24) is 19.7 Å². The van der Waals surface area contributed by atoms with Crippen LogP contribution in [0.2, 0.25) is 0 Å². The van der Waals surface area contributed by atoms with Crippen LogP contribution in [-0.4, -0.2) is 100 Å². The smallest absolute Gasteiger partial charge is 0.410 e. The van der Waals surface area contributed by atoms with Crippen LogP contribution in [0.5, 0.6) is 5.88 Å². The van der Waals surface area contributed by atoms with Gasteiger partial charge in [-0.1, -0.05) is 6.42 Å². The molecular weight excluding hydrogens is 528 g/mol. The van der Waals surface area contributed by atoms with E-state index in [1.54, 1.807) is 11.0 Å². The number of likely N-dealkylation sites (tertiary alicyclic amines) is 1. The molecule has 1 atom stereocenters. The number of piperidine rings is 1. The van der Waals surface area contributed by atoms with E-state index in [0.29, 0.717) is 50.7 Å². The minimum atomic E-state index is -0.557. The Balaban J connectivity index is 1.27. The molecule has 1 N–H and O–H groups in total. The molecule has 0 radical (unpaired) electrons. The number of rotatable bonds is 8. The Hall–Kier alpha value is -3.15. The van der Waals surface area contributed by atoms with E-state index in [0.717, 1.165) is 32.5 Å². The van der Waals surface area contributed by atoms with Crippen LogP contribution in [0.3, 0.4) is 0 Å². The lowest BCUT2D eigenvalue weighted by molar-refractivity contribution is -0.384. The summed E-state index contributed by atoms with van der Waals surface area (Å²) in [5.41, 5.74) is -0.235. The number of hydrogen-bond donors (Lipinski definition) is 1. The summed E-state index contributed by atoms with van der Waals surface area (Å²) in [6, 6.07) is 1.55. The Labute approximate surface area is 242 Å². The zero-order valence-corrected chi connectivity index (χ0v) is 25.0. The van der Waals surface area contributed by atoms with Crippen molar-refractivity contribution in [1.29, 1.82) is 0 Å². The summed E-state index contributed by atoms with van der Waals surface area (Å²) in [6.45, 7) is 12.4. The van der Waals surface area contributed by atoms with Gasteiger partial charge in [0.25, 0.3) is 0 Å². The largest absolute Gasteiger partial charge is 0.476 e. The van der Waals surface area contributed by atoms with Crippen LogP contribution in [0, 0.1) is 16.0 Å². The van der Waals surface area contributed by atoms with E-state index < -0.39 is 10.5 Å². The van der Waals surface area contributed by atoms with Gasteiger partial charge in [-0.2, -0.15) is 0 Å². The van der Waals surface area contributed by atoms with Gasteiger partial charge in [-0.3, -0.25) is 19.8 Å². The molecule has 1 aromatic rings. The lowest BCUT2D eigenvalue weighted by Crippen LogP contribution is -2.57. The average Bonchev–Trinajstić information content (AvgIpc) is 2.93. The summed E-state index contributed by atoms with van der Waals surface area (Å²) in [7, 11) is 0. The van der Waals surface area contributed by atoms with E-state index in [1.165, 1.54) is 25.5 Å². The minimum absolute atomic E-state index is 0.0165. The van der Waals surface area contributed by atoms with Crippen LogP contribution in [-0.2, 0) is 9.53 Å². The van der Waals surface area contributed by atoms with Crippen molar-refractivity contribution < 1.29 is 24.0 Å². The van der Waals surface area contributed by atoms with Gasteiger partial charge in [0.15, 0.2) is 0 Å². The first-order valence-electron chi connectivity index (χ1n) is 15.0. The molecule has 1 aliphatic carbocycles. The van der Waals surface area contributed by atoms with Gasteiger partial charge in [0.1, 0.15) is 24.1 Å². The molecular formula is C29H46N6O6. The number of ether oxygens (including phenoxy) is 2. The van der Waals surface area contributed by atoms with Crippen molar-refractivity contribution in [2.45, 2.75) is 90.3 Å². The summed E-state index contributed by atoms with van der Waals surface area (Å²) in [5.74, 6) is 0.405. The number of carbonyl (C=O) groups excluding carboxylic acids is 2. The van der Waals surface area contributed by atoms with E-state index in [9.17, 15) is 19.7 Å². The highest BCUT2D eigenvalue weighted by atomic mass is 16.6. The molecule has 3 heterocycles. The number of nitrogens with one attached hydrogen (secondary N) is 1. The number of nitrogens with zero attached hydrogens (tertiary/aromatic N) is 5. The van der Waals surface area contributed by atoms with E-state index in [1.807, 2.05) is 32.6 Å². The Kier molecular flexibility index (Phi) is 10.3. The third-order valence-electron chi connectivity index (χ3n) is 8.16. The highest BCUT2D eigenvalue weighted by Gasteiger charge is 2.36. The van der Waals surface area contributed by atoms with Crippen molar-refractivity contribution in [2.75, 3.05) is 51.2 Å². The van der Waals surface area contributed by atoms with Gasteiger partial charge in [-0.15, -0.1) is 0 Å². The molecule has 12 heteroatoms. The number of hydrogen-bond acceptors (Lipinski definition) is 9. The van der Waals surface area contributed by atoms with Gasteiger partial charge >= 0.3 is 11.8 Å². The summed E-state index contributed by atoms with van der Waals surface area (Å²) in [4.78, 5) is 47.2. The molecule has 2 saturated heterocycles. The van der Waals surface area contributed by atoms with Crippen LogP contribution in [0.1, 0.15) is 72.6 Å². The van der Waals surface area contributed by atoms with Crippen LogP contribution < -0.4 is 10.1 Å². The number of anilines is 1. The maximum absolute atomic E-state index is 13.4. The zero-order valence-electron chi connectivity index (χ0n) is 25.0.